The Balaban J connectivity index is 1.22. The van der Waals surface area contributed by atoms with Crippen molar-refractivity contribution in [3.8, 4) is 11.5 Å². The van der Waals surface area contributed by atoms with Gasteiger partial charge in [-0.05, 0) is 80.8 Å². The van der Waals surface area contributed by atoms with E-state index in [1.54, 1.807) is 12.4 Å². The molecule has 0 aromatic carbocycles. The summed E-state index contributed by atoms with van der Waals surface area (Å²) < 4.78 is 5.63. The smallest absolute Gasteiger partial charge is 0.240 e. The number of carbonyl (C=O) groups is 1. The van der Waals surface area contributed by atoms with Gasteiger partial charge >= 0.3 is 0 Å². The zero-order valence-electron chi connectivity index (χ0n) is 15.7. The second-order valence-corrected chi connectivity index (χ2v) is 9.00. The molecule has 0 aliphatic heterocycles. The van der Waals surface area contributed by atoms with Gasteiger partial charge in [-0.1, -0.05) is 0 Å². The van der Waals surface area contributed by atoms with Crippen LogP contribution in [-0.2, 0) is 4.79 Å². The molecule has 27 heavy (non-hydrogen) atoms. The Morgan fingerprint density at radius 1 is 1.30 bits per heavy atom. The number of aryl methyl sites for hydroxylation is 1. The van der Waals surface area contributed by atoms with Crippen molar-refractivity contribution in [2.24, 2.45) is 28.3 Å². The van der Waals surface area contributed by atoms with Gasteiger partial charge in [0.05, 0.1) is 12.4 Å². The normalized spacial score (nSPS) is 31.7. The molecule has 0 unspecified atom stereocenters. The van der Waals surface area contributed by atoms with Gasteiger partial charge in [-0.2, -0.15) is 10.2 Å². The van der Waals surface area contributed by atoms with Crippen LogP contribution in [0.15, 0.2) is 27.8 Å². The lowest BCUT2D eigenvalue weighted by Crippen LogP contribution is -2.47. The third-order valence-electron chi connectivity index (χ3n) is 6.75. The first kappa shape index (κ1) is 16.8. The molecule has 0 saturated heterocycles. The van der Waals surface area contributed by atoms with Gasteiger partial charge in [0.1, 0.15) is 11.5 Å². The molecular formula is C21H26N4O2. The second-order valence-electron chi connectivity index (χ2n) is 9.00. The Bertz CT molecular complexity index is 843. The molecule has 0 atom stereocenters. The summed E-state index contributed by atoms with van der Waals surface area (Å²) in [5, 5.41) is 11.2. The summed E-state index contributed by atoms with van der Waals surface area (Å²) in [5.41, 5.74) is 4.53. The highest BCUT2D eigenvalue weighted by Gasteiger charge is 2.51. The number of carbonyl (C=O) groups excluding carboxylic acids is 1. The van der Waals surface area contributed by atoms with Crippen molar-refractivity contribution in [3.05, 3.63) is 29.7 Å². The summed E-state index contributed by atoms with van der Waals surface area (Å²) in [6.07, 6.45) is 11.8. The zero-order valence-corrected chi connectivity index (χ0v) is 15.7. The van der Waals surface area contributed by atoms with E-state index in [0.717, 1.165) is 34.8 Å². The van der Waals surface area contributed by atoms with E-state index in [-0.39, 0.29) is 11.3 Å². The molecule has 4 fully saturated rings. The van der Waals surface area contributed by atoms with Crippen molar-refractivity contribution in [1.82, 2.24) is 15.6 Å². The zero-order chi connectivity index (χ0) is 18.4. The molecule has 4 aliphatic rings. The minimum Gasteiger partial charge on any atom is -0.460 e. The first-order chi connectivity index (χ1) is 13.1. The fraction of sp³-hybridized carbons (Fsp3) is 0.571. The maximum atomic E-state index is 12.5. The lowest BCUT2D eigenvalue weighted by molar-refractivity contribution is -0.129. The van der Waals surface area contributed by atoms with Crippen LogP contribution in [0.25, 0.3) is 11.5 Å². The molecule has 2 N–H and O–H groups in total. The van der Waals surface area contributed by atoms with Gasteiger partial charge in [0.15, 0.2) is 5.76 Å². The lowest BCUT2D eigenvalue weighted by Gasteiger charge is -2.56. The van der Waals surface area contributed by atoms with Crippen LogP contribution in [0.2, 0.25) is 0 Å². The number of hydrogen-bond donors (Lipinski definition) is 2. The molecule has 6 heteroatoms. The van der Waals surface area contributed by atoms with E-state index in [4.69, 9.17) is 4.42 Å². The van der Waals surface area contributed by atoms with Gasteiger partial charge in [-0.25, -0.2) is 5.43 Å². The Morgan fingerprint density at radius 2 is 2.00 bits per heavy atom. The topological polar surface area (TPSA) is 83.3 Å². The van der Waals surface area contributed by atoms with Gasteiger partial charge in [0.2, 0.25) is 5.91 Å². The summed E-state index contributed by atoms with van der Waals surface area (Å²) in [4.78, 5) is 12.5. The third kappa shape index (κ3) is 3.22. The number of hydrogen-bond acceptors (Lipinski definition) is 4. The number of aromatic nitrogens is 2. The van der Waals surface area contributed by atoms with Crippen molar-refractivity contribution in [3.63, 3.8) is 0 Å². The highest BCUT2D eigenvalue weighted by Crippen LogP contribution is 2.61. The Hall–Kier alpha value is -2.37. The first-order valence-electron chi connectivity index (χ1n) is 10.0. The maximum Gasteiger partial charge on any atom is 0.240 e. The number of nitrogens with one attached hydrogen (secondary N) is 2. The fourth-order valence-electron chi connectivity index (χ4n) is 6.22. The molecule has 6 nitrogen and oxygen atoms in total. The standard InChI is InChI=1S/C21H26N4O2/c1-13-2-3-18(27-13)20-17(12-23-25-20)11-22-24-19(26)10-21-7-14-4-15(8-21)6-16(5-14)9-21/h2-3,11-12,14-16H,4-10H2,1H3,(H,23,25)(H,24,26). The number of hydrazone groups is 1. The predicted molar refractivity (Wildman–Crippen MR) is 102 cm³/mol. The van der Waals surface area contributed by atoms with E-state index >= 15 is 0 Å². The van der Waals surface area contributed by atoms with Crippen LogP contribution in [0.4, 0.5) is 0 Å². The number of H-pyrrole nitrogens is 1. The first-order valence-corrected chi connectivity index (χ1v) is 10.0. The monoisotopic (exact) mass is 366 g/mol. The van der Waals surface area contributed by atoms with Crippen LogP contribution in [-0.4, -0.2) is 22.3 Å². The van der Waals surface area contributed by atoms with E-state index in [1.165, 1.54) is 38.5 Å². The summed E-state index contributed by atoms with van der Waals surface area (Å²) in [5.74, 6) is 4.16. The largest absolute Gasteiger partial charge is 0.460 e. The maximum absolute atomic E-state index is 12.5. The van der Waals surface area contributed by atoms with Gasteiger partial charge in [0.25, 0.3) is 0 Å². The lowest BCUT2D eigenvalue weighted by atomic mass is 9.49. The van der Waals surface area contributed by atoms with Crippen LogP contribution in [0, 0.1) is 30.1 Å². The molecule has 0 spiro atoms. The van der Waals surface area contributed by atoms with E-state index in [9.17, 15) is 4.79 Å². The van der Waals surface area contributed by atoms with Crippen molar-refractivity contribution < 1.29 is 9.21 Å². The molecule has 2 aromatic rings. The number of furan rings is 1. The summed E-state index contributed by atoms with van der Waals surface area (Å²) in [6.45, 7) is 1.90. The predicted octanol–water partition coefficient (Wildman–Crippen LogP) is 4.03. The highest BCUT2D eigenvalue weighted by molar-refractivity contribution is 5.88. The summed E-state index contributed by atoms with van der Waals surface area (Å²) >= 11 is 0. The SMILES string of the molecule is Cc1ccc(-c2[nH]ncc2C=NNC(=O)CC23CC4CC(CC(C4)C2)C3)o1. The van der Waals surface area contributed by atoms with Crippen LogP contribution in [0.1, 0.15) is 56.3 Å². The molecule has 2 aromatic heterocycles. The van der Waals surface area contributed by atoms with Gasteiger partial charge in [-0.15, -0.1) is 0 Å². The minimum absolute atomic E-state index is 0.0343. The van der Waals surface area contributed by atoms with E-state index < -0.39 is 0 Å². The Labute approximate surface area is 158 Å². The van der Waals surface area contributed by atoms with Crippen LogP contribution >= 0.6 is 0 Å². The molecule has 4 aliphatic carbocycles. The third-order valence-corrected chi connectivity index (χ3v) is 6.75. The van der Waals surface area contributed by atoms with Gasteiger partial charge in [0, 0.05) is 12.0 Å². The number of nitrogens with zero attached hydrogens (tertiary/aromatic N) is 2. The minimum atomic E-state index is 0.0343. The second kappa shape index (κ2) is 6.36. The van der Waals surface area contributed by atoms with Crippen LogP contribution in [0.3, 0.4) is 0 Å². The molecule has 2 heterocycles. The van der Waals surface area contributed by atoms with E-state index in [1.807, 2.05) is 19.1 Å². The Morgan fingerprint density at radius 3 is 2.63 bits per heavy atom. The average Bonchev–Trinajstić information content (AvgIpc) is 3.21. The van der Waals surface area contributed by atoms with E-state index in [0.29, 0.717) is 12.2 Å². The number of amides is 1. The fourth-order valence-corrected chi connectivity index (χ4v) is 6.22. The van der Waals surface area contributed by atoms with Crippen LogP contribution < -0.4 is 5.43 Å². The molecule has 4 bridgehead atoms. The highest BCUT2D eigenvalue weighted by atomic mass is 16.3. The summed E-state index contributed by atoms with van der Waals surface area (Å²) in [7, 11) is 0. The van der Waals surface area contributed by atoms with Gasteiger partial charge in [-0.3, -0.25) is 9.89 Å². The number of aromatic amines is 1. The molecule has 1 amide bonds. The Kier molecular flexibility index (Phi) is 3.95. The molecule has 0 radical (unpaired) electrons. The van der Waals surface area contributed by atoms with Crippen molar-refractivity contribution in [1.29, 1.82) is 0 Å². The van der Waals surface area contributed by atoms with Crippen molar-refractivity contribution in [2.75, 3.05) is 0 Å². The quantitative estimate of drug-likeness (QED) is 0.619. The molecule has 142 valence electrons. The van der Waals surface area contributed by atoms with E-state index in [2.05, 4.69) is 20.7 Å². The summed E-state index contributed by atoms with van der Waals surface area (Å²) in [6, 6.07) is 3.80. The van der Waals surface area contributed by atoms with Crippen molar-refractivity contribution >= 4 is 12.1 Å². The molecule has 6 rings (SSSR count). The molecular weight excluding hydrogens is 340 g/mol. The van der Waals surface area contributed by atoms with Gasteiger partial charge < -0.3 is 4.42 Å². The molecule has 4 saturated carbocycles. The van der Waals surface area contributed by atoms with Crippen molar-refractivity contribution in [2.45, 2.75) is 51.9 Å². The average molecular weight is 366 g/mol. The van der Waals surface area contributed by atoms with Crippen LogP contribution in [0.5, 0.6) is 0 Å². The number of rotatable bonds is 5.